The van der Waals surface area contributed by atoms with Gasteiger partial charge in [0.05, 0.1) is 30.4 Å². The molecule has 3 rings (SSSR count). The zero-order chi connectivity index (χ0) is 24.4. The molecule has 0 saturated heterocycles. The minimum absolute atomic E-state index is 0.887. The van der Waals surface area contributed by atoms with E-state index < -0.39 is 16.1 Å². The Labute approximate surface area is 202 Å². The molecule has 33 heavy (non-hydrogen) atoms. The molecule has 2 nitrogen and oxygen atoms in total. The van der Waals surface area contributed by atoms with Crippen molar-refractivity contribution in [2.45, 2.75) is 46.2 Å². The summed E-state index contributed by atoms with van der Waals surface area (Å²) in [7, 11) is 0.0132. The van der Waals surface area contributed by atoms with E-state index in [0.29, 0.717) is 0 Å². The molecule has 0 atom stereocenters. The molecule has 0 saturated carbocycles. The molecular formula is C29H38O2Si2. The van der Waals surface area contributed by atoms with Crippen LogP contribution in [-0.2, 0) is 0 Å². The molecule has 0 bridgehead atoms. The van der Waals surface area contributed by atoms with Gasteiger partial charge in [0.2, 0.25) is 0 Å². The Hall–Kier alpha value is -2.57. The second-order valence-corrected chi connectivity index (χ2v) is 20.7. The third-order valence-corrected chi connectivity index (χ3v) is 10.2. The van der Waals surface area contributed by atoms with Gasteiger partial charge in [-0.05, 0) is 69.4 Å². The van der Waals surface area contributed by atoms with Crippen molar-refractivity contribution >= 4 is 32.1 Å². The van der Waals surface area contributed by atoms with E-state index in [0.717, 1.165) is 11.5 Å². The molecule has 3 aromatic carbocycles. The van der Waals surface area contributed by atoms with Crippen LogP contribution in [0.5, 0.6) is 11.5 Å². The lowest BCUT2D eigenvalue weighted by Gasteiger charge is -2.31. The van der Waals surface area contributed by atoms with Crippen LogP contribution in [0.1, 0.15) is 22.3 Å². The maximum absolute atomic E-state index is 5.65. The standard InChI is InChI=1S/C29H38O2Si2/c1-21-12-10-11-13-25(21)28(26-19-18-24(31-3)20-27(26)32(4,5)6)29(33(7,8)9)22-14-16-23(30-2)17-15-22/h10-20H,1-9H3/b29-28-. The van der Waals surface area contributed by atoms with Crippen LogP contribution in [0.4, 0.5) is 0 Å². The number of hydrogen-bond donors (Lipinski definition) is 0. The Morgan fingerprint density at radius 3 is 1.76 bits per heavy atom. The molecule has 4 heteroatoms. The van der Waals surface area contributed by atoms with E-state index >= 15 is 0 Å². The minimum Gasteiger partial charge on any atom is -0.497 e. The van der Waals surface area contributed by atoms with Crippen molar-refractivity contribution in [3.63, 3.8) is 0 Å². The van der Waals surface area contributed by atoms with Crippen LogP contribution in [0.2, 0.25) is 39.3 Å². The first kappa shape index (κ1) is 25.1. The first-order valence-corrected chi connectivity index (χ1v) is 18.6. The van der Waals surface area contributed by atoms with Gasteiger partial charge in [0.1, 0.15) is 11.5 Å². The summed E-state index contributed by atoms with van der Waals surface area (Å²) in [4.78, 5) is 0. The van der Waals surface area contributed by atoms with Gasteiger partial charge in [0.25, 0.3) is 0 Å². The van der Waals surface area contributed by atoms with Crippen molar-refractivity contribution in [2.75, 3.05) is 14.2 Å². The Bertz CT molecular complexity index is 1150. The van der Waals surface area contributed by atoms with Crippen LogP contribution in [-0.4, -0.2) is 30.4 Å². The Morgan fingerprint density at radius 2 is 1.24 bits per heavy atom. The zero-order valence-corrected chi connectivity index (χ0v) is 23.7. The molecule has 0 aliphatic rings. The summed E-state index contributed by atoms with van der Waals surface area (Å²) in [5.74, 6) is 1.82. The number of benzene rings is 3. The molecule has 0 aliphatic carbocycles. The quantitative estimate of drug-likeness (QED) is 0.262. The summed E-state index contributed by atoms with van der Waals surface area (Å²) in [5.41, 5.74) is 6.62. The highest BCUT2D eigenvalue weighted by atomic mass is 28.3. The zero-order valence-electron chi connectivity index (χ0n) is 21.7. The van der Waals surface area contributed by atoms with E-state index in [1.807, 2.05) is 0 Å². The van der Waals surface area contributed by atoms with E-state index in [2.05, 4.69) is 113 Å². The highest BCUT2D eigenvalue weighted by Gasteiger charge is 2.30. The lowest BCUT2D eigenvalue weighted by atomic mass is 9.92. The maximum Gasteiger partial charge on any atom is 0.118 e. The van der Waals surface area contributed by atoms with Gasteiger partial charge >= 0.3 is 0 Å². The third kappa shape index (κ3) is 5.51. The van der Waals surface area contributed by atoms with Crippen molar-refractivity contribution in [3.8, 4) is 11.5 Å². The van der Waals surface area contributed by atoms with Gasteiger partial charge in [-0.15, -0.1) is 0 Å². The summed E-state index contributed by atoms with van der Waals surface area (Å²) < 4.78 is 11.1. The van der Waals surface area contributed by atoms with Crippen molar-refractivity contribution in [3.05, 3.63) is 89.0 Å². The number of methoxy groups -OCH3 is 2. The lowest BCUT2D eigenvalue weighted by molar-refractivity contribution is 0.414. The van der Waals surface area contributed by atoms with Gasteiger partial charge in [-0.1, -0.05) is 81.7 Å². The van der Waals surface area contributed by atoms with Crippen molar-refractivity contribution < 1.29 is 9.47 Å². The summed E-state index contributed by atoms with van der Waals surface area (Å²) in [6, 6.07) is 24.1. The monoisotopic (exact) mass is 474 g/mol. The fourth-order valence-corrected chi connectivity index (χ4v) is 8.11. The average Bonchev–Trinajstić information content (AvgIpc) is 2.76. The molecule has 0 unspecified atom stereocenters. The second-order valence-electron chi connectivity index (χ2n) is 10.7. The smallest absolute Gasteiger partial charge is 0.118 e. The first-order valence-electron chi connectivity index (χ1n) is 11.6. The second kappa shape index (κ2) is 9.74. The van der Waals surface area contributed by atoms with E-state index in [1.165, 1.54) is 38.2 Å². The summed E-state index contributed by atoms with van der Waals surface area (Å²) in [6.45, 7) is 16.8. The molecule has 0 radical (unpaired) electrons. The maximum atomic E-state index is 5.65. The average molecular weight is 475 g/mol. The van der Waals surface area contributed by atoms with Crippen molar-refractivity contribution in [1.82, 2.24) is 0 Å². The van der Waals surface area contributed by atoms with E-state index in [1.54, 1.807) is 14.2 Å². The highest BCUT2D eigenvalue weighted by molar-refractivity contribution is 6.95. The van der Waals surface area contributed by atoms with Crippen LogP contribution in [0, 0.1) is 6.92 Å². The largest absolute Gasteiger partial charge is 0.497 e. The Kier molecular flexibility index (Phi) is 7.40. The Balaban J connectivity index is 2.51. The molecule has 0 fully saturated rings. The molecule has 0 heterocycles. The molecule has 3 aromatic rings. The third-order valence-electron chi connectivity index (χ3n) is 6.10. The summed E-state index contributed by atoms with van der Waals surface area (Å²) in [5, 5.41) is 2.91. The van der Waals surface area contributed by atoms with E-state index in [-0.39, 0.29) is 0 Å². The fourth-order valence-electron chi connectivity index (χ4n) is 4.47. The summed E-state index contributed by atoms with van der Waals surface area (Å²) >= 11 is 0. The number of hydrogen-bond acceptors (Lipinski definition) is 2. The van der Waals surface area contributed by atoms with Gasteiger partial charge in [-0.3, -0.25) is 0 Å². The van der Waals surface area contributed by atoms with E-state index in [9.17, 15) is 0 Å². The van der Waals surface area contributed by atoms with Crippen LogP contribution in [0.25, 0.3) is 10.8 Å². The van der Waals surface area contributed by atoms with Gasteiger partial charge < -0.3 is 9.47 Å². The van der Waals surface area contributed by atoms with Crippen molar-refractivity contribution in [1.29, 1.82) is 0 Å². The molecule has 0 aliphatic heterocycles. The molecular weight excluding hydrogens is 436 g/mol. The van der Waals surface area contributed by atoms with Crippen LogP contribution < -0.4 is 14.7 Å². The normalized spacial score (nSPS) is 12.9. The van der Waals surface area contributed by atoms with Gasteiger partial charge in [0.15, 0.2) is 0 Å². The summed E-state index contributed by atoms with van der Waals surface area (Å²) in [6.07, 6.45) is 0. The lowest BCUT2D eigenvalue weighted by Crippen LogP contribution is -2.40. The number of ether oxygens (including phenoxy) is 2. The van der Waals surface area contributed by atoms with Crippen LogP contribution in [0.3, 0.4) is 0 Å². The molecule has 0 spiro atoms. The fraction of sp³-hybridized carbons (Fsp3) is 0.310. The van der Waals surface area contributed by atoms with Crippen molar-refractivity contribution in [2.24, 2.45) is 0 Å². The number of aryl methyl sites for hydroxylation is 1. The molecule has 0 N–H and O–H groups in total. The SMILES string of the molecule is COc1ccc(/C(=C(\c2ccccc2C)c2ccc(OC)cc2[Si](C)(C)C)[Si](C)(C)C)cc1. The van der Waals surface area contributed by atoms with Crippen LogP contribution in [0.15, 0.2) is 66.7 Å². The predicted octanol–water partition coefficient (Wildman–Crippen LogP) is 7.39. The molecule has 174 valence electrons. The highest BCUT2D eigenvalue weighted by Crippen LogP contribution is 2.40. The predicted molar refractivity (Wildman–Crippen MR) is 149 cm³/mol. The topological polar surface area (TPSA) is 18.5 Å². The Morgan fingerprint density at radius 1 is 0.667 bits per heavy atom. The van der Waals surface area contributed by atoms with Crippen LogP contribution >= 0.6 is 0 Å². The van der Waals surface area contributed by atoms with Gasteiger partial charge in [-0.2, -0.15) is 0 Å². The number of rotatable bonds is 7. The van der Waals surface area contributed by atoms with Gasteiger partial charge in [-0.25, -0.2) is 0 Å². The first-order chi connectivity index (χ1) is 15.5. The van der Waals surface area contributed by atoms with Gasteiger partial charge in [0, 0.05) is 0 Å². The molecule has 0 aromatic heterocycles. The van der Waals surface area contributed by atoms with E-state index in [4.69, 9.17) is 9.47 Å². The molecule has 0 amide bonds. The minimum atomic E-state index is -1.79.